The van der Waals surface area contributed by atoms with Gasteiger partial charge in [-0.05, 0) is 17.8 Å². The number of hydrogen-bond donors (Lipinski definition) is 0. The minimum atomic E-state index is -2.40. The summed E-state index contributed by atoms with van der Waals surface area (Å²) in [4.78, 5) is 9.46. The summed E-state index contributed by atoms with van der Waals surface area (Å²) in [6.07, 6.45) is 1.70. The number of hydrogen-bond acceptors (Lipinski definition) is 3. The third-order valence-electron chi connectivity index (χ3n) is 11.9. The summed E-state index contributed by atoms with van der Waals surface area (Å²) in [5.74, 6) is 6.38. The average Bonchev–Trinajstić information content (AvgIpc) is 3.90. The molecular weight excluding hydrogens is 1010 g/mol. The van der Waals surface area contributed by atoms with Gasteiger partial charge in [0, 0.05) is 35.8 Å². The van der Waals surface area contributed by atoms with Gasteiger partial charge in [0.05, 0.1) is 0 Å². The van der Waals surface area contributed by atoms with Crippen LogP contribution in [0.4, 0.5) is 0 Å². The molecule has 7 aromatic carbocycles. The van der Waals surface area contributed by atoms with Crippen molar-refractivity contribution in [3.8, 4) is 39.5 Å². The van der Waals surface area contributed by atoms with Gasteiger partial charge in [0.25, 0.3) is 0 Å². The van der Waals surface area contributed by atoms with Crippen molar-refractivity contribution >= 4 is 55.0 Å². The maximum absolute atomic E-state index is 7.25. The molecule has 10 aromatic rings. The quantitative estimate of drug-likeness (QED) is 0.113. The Kier molecular flexibility index (Phi) is 11.7. The van der Waals surface area contributed by atoms with Crippen LogP contribution in [0.3, 0.4) is 0 Å². The Balaban J connectivity index is 0.000000295. The minimum absolute atomic E-state index is 0. The molecule has 10 rings (SSSR count). The van der Waals surface area contributed by atoms with E-state index < -0.39 is 20.1 Å². The van der Waals surface area contributed by atoms with E-state index >= 15 is 0 Å². The van der Waals surface area contributed by atoms with Crippen LogP contribution in [0, 0.1) is 19.0 Å². The van der Waals surface area contributed by atoms with Gasteiger partial charge < -0.3 is 9.40 Å². The van der Waals surface area contributed by atoms with Gasteiger partial charge in [0.15, 0.2) is 0 Å². The standard InChI is InChI=1S/C45H41GeN2O.C12H10N.Ir/c1-29(2)38-27-32(31-23-25-34(26-24-31)46(5,6)33-15-8-7-9-16-33)28-39(30(3)4)43(38)48-41-21-12-11-20-40(41)47-45(48)37-19-14-18-36-35-17-10-13-22-42(35)49-44(36)37;1-10-5-7-11(8-6-10)12-4-2-3-9-13-12;/h7-18,20-30H,1-6H3;2-7,9H,1H3;/q2*-1;/i;1D3;. The van der Waals surface area contributed by atoms with Crippen LogP contribution >= 0.6 is 0 Å². The van der Waals surface area contributed by atoms with E-state index in [1.165, 1.54) is 42.8 Å². The number of para-hydroxylation sites is 3. The third kappa shape index (κ3) is 8.63. The molecule has 3 heterocycles. The number of aromatic nitrogens is 3. The second-order valence-corrected chi connectivity index (χ2v) is 26.3. The normalized spacial score (nSPS) is 12.5. The van der Waals surface area contributed by atoms with E-state index in [2.05, 4.69) is 170 Å². The SMILES string of the molecule is CC(C)c1cc(-c2cc[c]([Ge]([CH3])([CH3])[c]3ccccc3)cc2)cc(C(C)C)c1-n1c(-c2[c-]ccc3c2oc2ccccc23)nc2ccccc21.[2H]C([2H])([2H])c1c[c-]c(-c2ccccn2)cc1.[Ir]. The summed E-state index contributed by atoms with van der Waals surface area (Å²) in [7, 11) is 0. The molecule has 3 aromatic heterocycles. The maximum atomic E-state index is 7.25. The van der Waals surface area contributed by atoms with E-state index in [9.17, 15) is 0 Å². The predicted octanol–water partition coefficient (Wildman–Crippen LogP) is 14.0. The Morgan fingerprint density at radius 2 is 1.35 bits per heavy atom. The second kappa shape index (κ2) is 18.5. The van der Waals surface area contributed by atoms with E-state index in [1.54, 1.807) is 18.3 Å². The monoisotopic (exact) mass is 1060 g/mol. The molecule has 0 spiro atoms. The summed E-state index contributed by atoms with van der Waals surface area (Å²) >= 11 is -2.40. The van der Waals surface area contributed by atoms with Gasteiger partial charge in [0.1, 0.15) is 5.58 Å². The number of aryl methyl sites for hydroxylation is 1. The molecule has 1 radical (unpaired) electrons. The number of fused-ring (bicyclic) bond motifs is 4. The molecule has 0 fully saturated rings. The molecule has 0 bridgehead atoms. The van der Waals surface area contributed by atoms with Crippen LogP contribution in [0.1, 0.15) is 60.3 Å². The first-order valence-corrected chi connectivity index (χ1v) is 27.7. The molecule has 0 amide bonds. The fourth-order valence-corrected chi connectivity index (χ4v) is 13.4. The van der Waals surface area contributed by atoms with Crippen LogP contribution in [0.25, 0.3) is 72.4 Å². The van der Waals surface area contributed by atoms with Gasteiger partial charge in [-0.15, -0.1) is 47.5 Å². The van der Waals surface area contributed by atoms with Crippen molar-refractivity contribution in [3.63, 3.8) is 0 Å². The maximum Gasteiger partial charge on any atom is 0.0177 e. The predicted molar refractivity (Wildman–Crippen MR) is 263 cm³/mol. The first kappa shape index (κ1) is 40.0. The van der Waals surface area contributed by atoms with E-state index in [4.69, 9.17) is 13.5 Å². The molecule has 0 unspecified atom stereocenters. The van der Waals surface area contributed by atoms with E-state index in [0.29, 0.717) is 5.56 Å². The molecule has 4 nitrogen and oxygen atoms in total. The zero-order valence-electron chi connectivity index (χ0n) is 39.4. The largest absolute Gasteiger partial charge is 0.305 e. The van der Waals surface area contributed by atoms with Crippen LogP contribution in [0.15, 0.2) is 174 Å². The number of benzene rings is 7. The average molecular weight is 1060 g/mol. The zero-order chi connectivity index (χ0) is 45.5. The van der Waals surface area contributed by atoms with Gasteiger partial charge in [-0.25, -0.2) is 0 Å². The first-order chi connectivity index (χ1) is 31.3. The van der Waals surface area contributed by atoms with Crippen molar-refractivity contribution in [1.82, 2.24) is 14.5 Å². The molecule has 0 aliphatic carbocycles. The second-order valence-electron chi connectivity index (χ2n) is 17.0. The van der Waals surface area contributed by atoms with Crippen molar-refractivity contribution in [2.45, 2.75) is 57.9 Å². The van der Waals surface area contributed by atoms with Crippen LogP contribution < -0.4 is 8.79 Å². The number of pyridine rings is 1. The Bertz CT molecular complexity index is 3240. The molecule has 0 saturated heterocycles. The summed E-state index contributed by atoms with van der Waals surface area (Å²) < 4.78 is 33.6. The third-order valence-corrected chi connectivity index (χ3v) is 19.4. The molecule has 0 atom stereocenters. The molecule has 0 aliphatic rings. The molecule has 0 saturated carbocycles. The number of imidazole rings is 1. The zero-order valence-corrected chi connectivity index (χ0v) is 40.9. The van der Waals surface area contributed by atoms with Gasteiger partial charge in [-0.1, -0.05) is 48.6 Å². The fourth-order valence-electron chi connectivity index (χ4n) is 8.47. The summed E-state index contributed by atoms with van der Waals surface area (Å²) in [6, 6.07) is 63.0. The van der Waals surface area contributed by atoms with Gasteiger partial charge in [-0.2, -0.15) is 0 Å². The molecular formula is C57H51GeIrN3O-2. The molecule has 0 N–H and O–H groups in total. The Labute approximate surface area is 392 Å². The van der Waals surface area contributed by atoms with Crippen molar-refractivity contribution < 1.29 is 28.6 Å². The topological polar surface area (TPSA) is 43.9 Å². The summed E-state index contributed by atoms with van der Waals surface area (Å²) in [5.41, 5.74) is 12.8. The van der Waals surface area contributed by atoms with Crippen LogP contribution in [0.5, 0.6) is 0 Å². The van der Waals surface area contributed by atoms with Gasteiger partial charge in [-0.3, -0.25) is 0 Å². The Hall–Kier alpha value is -5.85. The van der Waals surface area contributed by atoms with Crippen molar-refractivity contribution in [2.75, 3.05) is 0 Å². The number of rotatable bonds is 8. The van der Waals surface area contributed by atoms with Crippen molar-refractivity contribution in [1.29, 1.82) is 0 Å². The van der Waals surface area contributed by atoms with Crippen molar-refractivity contribution in [2.24, 2.45) is 0 Å². The first-order valence-electron chi connectivity index (χ1n) is 22.9. The molecule has 63 heavy (non-hydrogen) atoms. The minimum Gasteiger partial charge on any atom is -0.305 e. The van der Waals surface area contributed by atoms with Crippen LogP contribution in [-0.2, 0) is 20.1 Å². The molecule has 6 heteroatoms. The van der Waals surface area contributed by atoms with Crippen LogP contribution in [-0.4, -0.2) is 27.8 Å². The molecule has 0 aliphatic heterocycles. The molecule has 315 valence electrons. The van der Waals surface area contributed by atoms with E-state index in [1.807, 2.05) is 36.4 Å². The Morgan fingerprint density at radius 1 is 0.667 bits per heavy atom. The van der Waals surface area contributed by atoms with Crippen LogP contribution in [0.2, 0.25) is 11.5 Å². The van der Waals surface area contributed by atoms with Gasteiger partial charge in [0.2, 0.25) is 0 Å². The summed E-state index contributed by atoms with van der Waals surface area (Å²) in [5, 5.41) is 2.18. The van der Waals surface area contributed by atoms with Gasteiger partial charge >= 0.3 is 230 Å². The van der Waals surface area contributed by atoms with E-state index in [-0.39, 0.29) is 31.9 Å². The fraction of sp³-hybridized carbons (Fsp3) is 0.158. The van der Waals surface area contributed by atoms with Crippen molar-refractivity contribution in [3.05, 3.63) is 199 Å². The Morgan fingerprint density at radius 3 is 2.03 bits per heavy atom. The number of furan rings is 1. The number of nitrogens with zero attached hydrogens (tertiary/aromatic N) is 3. The van der Waals surface area contributed by atoms with E-state index in [0.717, 1.165) is 55.6 Å². The summed E-state index contributed by atoms with van der Waals surface area (Å²) in [6.45, 7) is 7.14. The smallest absolute Gasteiger partial charge is 0.0177 e.